The summed E-state index contributed by atoms with van der Waals surface area (Å²) < 4.78 is 5.54. The Hall–Kier alpha value is -0.220. The first kappa shape index (κ1) is 12.2. The minimum absolute atomic E-state index is 0.209. The van der Waals surface area contributed by atoms with E-state index in [-0.39, 0.29) is 5.54 Å². The molecular weight excluding hydrogens is 220 g/mol. The Morgan fingerprint density at radius 1 is 1.50 bits per heavy atom. The van der Waals surface area contributed by atoms with Crippen molar-refractivity contribution in [1.82, 2.24) is 5.32 Å². The largest absolute Gasteiger partial charge is 0.378 e. The fourth-order valence-corrected chi connectivity index (χ4v) is 3.50. The van der Waals surface area contributed by atoms with E-state index in [2.05, 4.69) is 26.1 Å². The molecule has 0 aromatic rings. The molecule has 0 aromatic heterocycles. The van der Waals surface area contributed by atoms with Gasteiger partial charge >= 0.3 is 0 Å². The maximum absolute atomic E-state index is 5.54. The number of thioether (sulfide) groups is 1. The fourth-order valence-electron chi connectivity index (χ4n) is 2.12. The van der Waals surface area contributed by atoms with E-state index in [1.165, 1.54) is 12.2 Å². The first-order chi connectivity index (χ1) is 7.55. The molecule has 0 bridgehead atoms. The summed E-state index contributed by atoms with van der Waals surface area (Å²) in [7, 11) is 0. The van der Waals surface area contributed by atoms with Crippen molar-refractivity contribution >= 4 is 16.9 Å². The summed E-state index contributed by atoms with van der Waals surface area (Å²) >= 11 is 1.86. The van der Waals surface area contributed by atoms with Crippen LogP contribution in [-0.2, 0) is 4.74 Å². The molecule has 2 saturated heterocycles. The molecule has 2 atom stereocenters. The van der Waals surface area contributed by atoms with Gasteiger partial charge in [0.1, 0.15) is 0 Å². The number of rotatable bonds is 1. The maximum Gasteiger partial charge on any atom is 0.157 e. The quantitative estimate of drug-likeness (QED) is 0.766. The molecule has 0 amide bonds. The number of hydrogen-bond donors (Lipinski definition) is 1. The van der Waals surface area contributed by atoms with Crippen LogP contribution < -0.4 is 5.32 Å². The molecule has 2 fully saturated rings. The fraction of sp³-hybridized carbons (Fsp3) is 0.917. The third-order valence-electron chi connectivity index (χ3n) is 3.17. The van der Waals surface area contributed by atoms with Gasteiger partial charge in [-0.15, -0.1) is 0 Å². The number of ether oxygens (including phenoxy) is 1. The Labute approximate surface area is 102 Å². The van der Waals surface area contributed by atoms with Crippen LogP contribution in [0.5, 0.6) is 0 Å². The predicted octanol–water partition coefficient (Wildman–Crippen LogP) is 2.42. The van der Waals surface area contributed by atoms with Crippen molar-refractivity contribution in [1.29, 1.82) is 0 Å². The van der Waals surface area contributed by atoms with Crippen LogP contribution in [0.2, 0.25) is 0 Å². The van der Waals surface area contributed by atoms with Gasteiger partial charge in [0.2, 0.25) is 0 Å². The van der Waals surface area contributed by atoms with Crippen LogP contribution in [-0.4, -0.2) is 35.2 Å². The molecule has 0 aliphatic carbocycles. The van der Waals surface area contributed by atoms with Gasteiger partial charge in [-0.25, -0.2) is 0 Å². The third kappa shape index (κ3) is 3.39. The maximum atomic E-state index is 5.54. The van der Waals surface area contributed by atoms with Crippen LogP contribution in [0.4, 0.5) is 0 Å². The van der Waals surface area contributed by atoms with Gasteiger partial charge in [-0.3, -0.25) is 4.99 Å². The summed E-state index contributed by atoms with van der Waals surface area (Å²) in [5.74, 6) is 1.18. The van der Waals surface area contributed by atoms with Crippen molar-refractivity contribution in [3.8, 4) is 0 Å². The Kier molecular flexibility index (Phi) is 3.80. The molecule has 4 heteroatoms. The normalized spacial score (nSPS) is 37.1. The molecule has 2 rings (SSSR count). The lowest BCUT2D eigenvalue weighted by molar-refractivity contribution is 0.0204. The number of aliphatic imine (C=N–C) groups is 1. The van der Waals surface area contributed by atoms with Gasteiger partial charge in [-0.2, -0.15) is 0 Å². The highest BCUT2D eigenvalue weighted by atomic mass is 32.2. The minimum Gasteiger partial charge on any atom is -0.378 e. The highest BCUT2D eigenvalue weighted by Crippen LogP contribution is 2.24. The van der Waals surface area contributed by atoms with Crippen molar-refractivity contribution in [2.45, 2.75) is 57.7 Å². The van der Waals surface area contributed by atoms with Crippen molar-refractivity contribution in [2.75, 3.05) is 12.4 Å². The highest BCUT2D eigenvalue weighted by molar-refractivity contribution is 8.13. The molecule has 2 aliphatic rings. The molecule has 3 nitrogen and oxygen atoms in total. The van der Waals surface area contributed by atoms with Crippen LogP contribution in [0.25, 0.3) is 0 Å². The van der Waals surface area contributed by atoms with E-state index in [1.807, 2.05) is 11.8 Å². The molecule has 1 N–H and O–H groups in total. The van der Waals surface area contributed by atoms with Crippen molar-refractivity contribution < 1.29 is 4.74 Å². The zero-order valence-electron chi connectivity index (χ0n) is 10.5. The van der Waals surface area contributed by atoms with E-state index >= 15 is 0 Å². The van der Waals surface area contributed by atoms with Crippen LogP contribution in [0.1, 0.15) is 40.0 Å². The second kappa shape index (κ2) is 4.96. The van der Waals surface area contributed by atoms with Crippen LogP contribution in [0.15, 0.2) is 4.99 Å². The van der Waals surface area contributed by atoms with Gasteiger partial charge in [0.05, 0.1) is 12.1 Å². The summed E-state index contributed by atoms with van der Waals surface area (Å²) in [4.78, 5) is 4.83. The van der Waals surface area contributed by atoms with E-state index in [4.69, 9.17) is 9.73 Å². The number of nitrogens with zero attached hydrogens (tertiary/aromatic N) is 1. The smallest absolute Gasteiger partial charge is 0.157 e. The van der Waals surface area contributed by atoms with Crippen LogP contribution in [0, 0.1) is 0 Å². The highest BCUT2D eigenvalue weighted by Gasteiger charge is 2.26. The Morgan fingerprint density at radius 3 is 3.00 bits per heavy atom. The molecule has 0 saturated carbocycles. The first-order valence-corrected chi connectivity index (χ1v) is 7.14. The van der Waals surface area contributed by atoms with E-state index in [0.717, 1.165) is 24.6 Å². The van der Waals surface area contributed by atoms with Crippen molar-refractivity contribution in [3.63, 3.8) is 0 Å². The van der Waals surface area contributed by atoms with E-state index in [1.54, 1.807) is 0 Å². The SMILES string of the molecule is CC1CC(N=C2NC(C)(C)CCS2)CCO1. The molecule has 0 spiro atoms. The molecule has 0 aromatic carbocycles. The van der Waals surface area contributed by atoms with Crippen LogP contribution >= 0.6 is 11.8 Å². The monoisotopic (exact) mass is 242 g/mol. The van der Waals surface area contributed by atoms with Gasteiger partial charge in [-0.1, -0.05) is 11.8 Å². The average molecular weight is 242 g/mol. The molecule has 0 radical (unpaired) electrons. The third-order valence-corrected chi connectivity index (χ3v) is 4.06. The van der Waals surface area contributed by atoms with Gasteiger partial charge in [0, 0.05) is 17.9 Å². The first-order valence-electron chi connectivity index (χ1n) is 6.15. The summed E-state index contributed by atoms with van der Waals surface area (Å²) in [6, 6.07) is 0.452. The van der Waals surface area contributed by atoms with E-state index in [0.29, 0.717) is 12.1 Å². The molecular formula is C12H22N2OS. The molecule has 16 heavy (non-hydrogen) atoms. The number of nitrogens with one attached hydrogen (secondary N) is 1. The standard InChI is InChI=1S/C12H22N2OS/c1-9-8-10(4-6-15-9)13-11-14-12(2,3)5-7-16-11/h9-10H,4-8H2,1-3H3,(H,13,14). The second-order valence-electron chi connectivity index (χ2n) is 5.40. The Morgan fingerprint density at radius 2 is 2.31 bits per heavy atom. The Bertz CT molecular complexity index is 278. The second-order valence-corrected chi connectivity index (χ2v) is 6.48. The van der Waals surface area contributed by atoms with Gasteiger partial charge in [0.25, 0.3) is 0 Å². The van der Waals surface area contributed by atoms with Crippen molar-refractivity contribution in [2.24, 2.45) is 4.99 Å². The number of hydrogen-bond acceptors (Lipinski definition) is 3. The van der Waals surface area contributed by atoms with E-state index in [9.17, 15) is 0 Å². The molecule has 2 aliphatic heterocycles. The van der Waals surface area contributed by atoms with Gasteiger partial charge in [0.15, 0.2) is 5.17 Å². The van der Waals surface area contributed by atoms with E-state index < -0.39 is 0 Å². The molecule has 2 heterocycles. The molecule has 2 unspecified atom stereocenters. The Balaban J connectivity index is 1.95. The number of amidine groups is 1. The lowest BCUT2D eigenvalue weighted by Gasteiger charge is -2.33. The molecule has 92 valence electrons. The van der Waals surface area contributed by atoms with Crippen LogP contribution in [0.3, 0.4) is 0 Å². The van der Waals surface area contributed by atoms with Gasteiger partial charge in [-0.05, 0) is 40.0 Å². The van der Waals surface area contributed by atoms with Crippen molar-refractivity contribution in [3.05, 3.63) is 0 Å². The predicted molar refractivity (Wildman–Crippen MR) is 70.2 cm³/mol. The summed E-state index contributed by atoms with van der Waals surface area (Å²) in [5.41, 5.74) is 0.209. The topological polar surface area (TPSA) is 33.6 Å². The summed E-state index contributed by atoms with van der Waals surface area (Å²) in [5, 5.41) is 4.66. The lowest BCUT2D eigenvalue weighted by atomic mass is 10.0. The minimum atomic E-state index is 0.209. The zero-order chi connectivity index (χ0) is 11.6. The van der Waals surface area contributed by atoms with Gasteiger partial charge < -0.3 is 10.1 Å². The average Bonchev–Trinajstić information content (AvgIpc) is 2.15. The summed E-state index contributed by atoms with van der Waals surface area (Å²) in [6.07, 6.45) is 3.70. The summed E-state index contributed by atoms with van der Waals surface area (Å²) in [6.45, 7) is 7.48. The zero-order valence-corrected chi connectivity index (χ0v) is 11.3. The lowest BCUT2D eigenvalue weighted by Crippen LogP contribution is -2.46.